The number of carbonyl (C=O) groups excluding carboxylic acids is 1. The van der Waals surface area contributed by atoms with Crippen LogP contribution in [0.1, 0.15) is 24.8 Å². The minimum Gasteiger partial charge on any atom is -0.373 e. The number of pyridine rings is 1. The molecule has 10 nitrogen and oxygen atoms in total. The number of fused-ring (bicyclic) bond motifs is 2. The van der Waals surface area contributed by atoms with Gasteiger partial charge in [-0.2, -0.15) is 4.98 Å². The average Bonchev–Trinajstić information content (AvgIpc) is 3.01. The molecule has 228 valence electrons. The first-order valence-corrected chi connectivity index (χ1v) is 15.2. The standard InChI is InChI=1S/C34H40N8O2/c1-6-30(43)41-20-19-40(28-12-7-9-23(2)31(28)41)29-21-24-22-35-34(36-25-10-8-11-25)37-32(24)42(33(29)44)27-15-13-26(14-16-27)39(5)18-17-38(3)4/h6-7,9,12-16,21-22,25H,1,8,10-11,17-20H2,2-5H3,(H,35,36,37). The third-order valence-electron chi connectivity index (χ3n) is 8.65. The minimum absolute atomic E-state index is 0.161. The number of amides is 1. The lowest BCUT2D eigenvalue weighted by molar-refractivity contribution is -0.114. The number of hydrogen-bond donors (Lipinski definition) is 1. The number of anilines is 5. The third-order valence-corrected chi connectivity index (χ3v) is 8.65. The van der Waals surface area contributed by atoms with Crippen molar-refractivity contribution in [2.75, 3.05) is 67.3 Å². The molecule has 3 heterocycles. The number of nitrogens with one attached hydrogen (secondary N) is 1. The normalized spacial score (nSPS) is 14.8. The van der Waals surface area contributed by atoms with Crippen LogP contribution in [0.4, 0.5) is 28.7 Å². The molecule has 44 heavy (non-hydrogen) atoms. The van der Waals surface area contributed by atoms with Crippen molar-refractivity contribution in [2.45, 2.75) is 32.2 Å². The number of hydrogen-bond acceptors (Lipinski definition) is 8. The zero-order valence-electron chi connectivity index (χ0n) is 26.0. The smallest absolute Gasteiger partial charge is 0.280 e. The summed E-state index contributed by atoms with van der Waals surface area (Å²) in [7, 11) is 6.20. The molecule has 0 radical (unpaired) electrons. The predicted octanol–water partition coefficient (Wildman–Crippen LogP) is 4.72. The molecule has 2 aromatic heterocycles. The van der Waals surface area contributed by atoms with Gasteiger partial charge in [-0.25, -0.2) is 4.98 Å². The Morgan fingerprint density at radius 2 is 1.84 bits per heavy atom. The predicted molar refractivity (Wildman–Crippen MR) is 179 cm³/mol. The lowest BCUT2D eigenvalue weighted by atomic mass is 9.93. The van der Waals surface area contributed by atoms with Gasteiger partial charge in [-0.05, 0) is 88.3 Å². The minimum atomic E-state index is -0.185. The van der Waals surface area contributed by atoms with E-state index in [1.165, 1.54) is 12.5 Å². The third kappa shape index (κ3) is 5.53. The summed E-state index contributed by atoms with van der Waals surface area (Å²) in [5.74, 6) is 0.368. The number of para-hydroxylation sites is 1. The molecule has 1 N–H and O–H groups in total. The van der Waals surface area contributed by atoms with E-state index in [4.69, 9.17) is 4.98 Å². The number of aryl methyl sites for hydroxylation is 1. The van der Waals surface area contributed by atoms with E-state index in [-0.39, 0.29) is 11.5 Å². The molecule has 0 spiro atoms. The van der Waals surface area contributed by atoms with Crippen molar-refractivity contribution in [2.24, 2.45) is 0 Å². The molecular formula is C34H40N8O2. The van der Waals surface area contributed by atoms with Crippen molar-refractivity contribution in [1.82, 2.24) is 19.4 Å². The highest BCUT2D eigenvalue weighted by molar-refractivity contribution is 6.05. The number of carbonyl (C=O) groups is 1. The van der Waals surface area contributed by atoms with Crippen molar-refractivity contribution in [1.29, 1.82) is 0 Å². The number of benzene rings is 2. The van der Waals surface area contributed by atoms with Crippen LogP contribution < -0.4 is 25.6 Å². The van der Waals surface area contributed by atoms with Gasteiger partial charge >= 0.3 is 0 Å². The summed E-state index contributed by atoms with van der Waals surface area (Å²) in [6, 6.07) is 16.2. The Morgan fingerprint density at radius 3 is 2.52 bits per heavy atom. The van der Waals surface area contributed by atoms with Gasteiger partial charge in [0.2, 0.25) is 5.95 Å². The van der Waals surface area contributed by atoms with Gasteiger partial charge in [-0.3, -0.25) is 14.2 Å². The summed E-state index contributed by atoms with van der Waals surface area (Å²) in [4.78, 5) is 45.0. The van der Waals surface area contributed by atoms with E-state index in [0.29, 0.717) is 36.4 Å². The van der Waals surface area contributed by atoms with E-state index in [1.807, 2.05) is 60.4 Å². The largest absolute Gasteiger partial charge is 0.373 e. The van der Waals surface area contributed by atoms with Crippen molar-refractivity contribution < 1.29 is 4.79 Å². The Bertz CT molecular complexity index is 1760. The van der Waals surface area contributed by atoms with Crippen LogP contribution in [0.15, 0.2) is 72.2 Å². The van der Waals surface area contributed by atoms with Gasteiger partial charge in [0.15, 0.2) is 5.65 Å². The maximum atomic E-state index is 14.6. The van der Waals surface area contributed by atoms with Crippen LogP contribution in [-0.4, -0.2) is 78.7 Å². The molecule has 2 aliphatic rings. The van der Waals surface area contributed by atoms with E-state index < -0.39 is 0 Å². The van der Waals surface area contributed by atoms with E-state index in [2.05, 4.69) is 47.8 Å². The quantitative estimate of drug-likeness (QED) is 0.279. The van der Waals surface area contributed by atoms with Crippen molar-refractivity contribution in [3.05, 3.63) is 83.3 Å². The summed E-state index contributed by atoms with van der Waals surface area (Å²) < 4.78 is 1.69. The molecule has 1 saturated carbocycles. The maximum Gasteiger partial charge on any atom is 0.280 e. The molecule has 1 aliphatic carbocycles. The van der Waals surface area contributed by atoms with Gasteiger partial charge < -0.3 is 24.9 Å². The second-order valence-corrected chi connectivity index (χ2v) is 11.9. The summed E-state index contributed by atoms with van der Waals surface area (Å²) in [5, 5.41) is 4.18. The maximum absolute atomic E-state index is 14.6. The van der Waals surface area contributed by atoms with E-state index >= 15 is 0 Å². The first-order valence-electron chi connectivity index (χ1n) is 15.2. The number of nitrogens with zero attached hydrogens (tertiary/aromatic N) is 7. The molecule has 0 unspecified atom stereocenters. The molecule has 1 fully saturated rings. The van der Waals surface area contributed by atoms with Crippen LogP contribution in [0.3, 0.4) is 0 Å². The van der Waals surface area contributed by atoms with Crippen LogP contribution in [0.5, 0.6) is 0 Å². The molecule has 2 aromatic carbocycles. The molecule has 4 aromatic rings. The number of rotatable bonds is 9. The van der Waals surface area contributed by atoms with Crippen molar-refractivity contribution in [3.8, 4) is 5.69 Å². The molecule has 1 aliphatic heterocycles. The fraction of sp³-hybridized carbons (Fsp3) is 0.353. The van der Waals surface area contributed by atoms with Gasteiger partial charge in [-0.15, -0.1) is 0 Å². The molecule has 0 atom stereocenters. The molecule has 6 rings (SSSR count). The Labute approximate surface area is 258 Å². The Kier molecular flexibility index (Phi) is 8.09. The van der Waals surface area contributed by atoms with Crippen molar-refractivity contribution >= 4 is 45.6 Å². The van der Waals surface area contributed by atoms with Gasteiger partial charge in [0.05, 0.1) is 17.1 Å². The zero-order chi connectivity index (χ0) is 31.0. The fourth-order valence-corrected chi connectivity index (χ4v) is 5.88. The van der Waals surface area contributed by atoms with Crippen LogP contribution >= 0.6 is 0 Å². The Morgan fingerprint density at radius 1 is 1.07 bits per heavy atom. The van der Waals surface area contributed by atoms with Gasteiger partial charge in [0, 0.05) is 56.5 Å². The first kappa shape index (κ1) is 29.4. The topological polar surface area (TPSA) is 89.8 Å². The molecule has 1 amide bonds. The lowest BCUT2D eigenvalue weighted by Gasteiger charge is -2.38. The average molecular weight is 593 g/mol. The zero-order valence-corrected chi connectivity index (χ0v) is 26.0. The SMILES string of the molecule is C=CC(=O)N1CCN(c2cc3cnc(NC4CCC4)nc3n(-c3ccc(N(C)CCN(C)C)cc3)c2=O)c2cccc(C)c21. The lowest BCUT2D eigenvalue weighted by Crippen LogP contribution is -2.43. The van der Waals surface area contributed by atoms with E-state index in [1.54, 1.807) is 15.7 Å². The van der Waals surface area contributed by atoms with Crippen LogP contribution in [0.25, 0.3) is 16.7 Å². The van der Waals surface area contributed by atoms with Crippen LogP contribution in [0.2, 0.25) is 0 Å². The highest BCUT2D eigenvalue weighted by atomic mass is 16.2. The van der Waals surface area contributed by atoms with Gasteiger partial charge in [0.1, 0.15) is 5.69 Å². The number of aromatic nitrogens is 3. The second kappa shape index (κ2) is 12.1. The van der Waals surface area contributed by atoms with E-state index in [9.17, 15) is 9.59 Å². The number of likely N-dealkylation sites (N-methyl/N-ethyl adjacent to an activating group) is 2. The molecular weight excluding hydrogens is 552 g/mol. The summed E-state index contributed by atoms with van der Waals surface area (Å²) in [6.07, 6.45) is 6.51. The second-order valence-electron chi connectivity index (χ2n) is 11.9. The Balaban J connectivity index is 1.48. The highest BCUT2D eigenvalue weighted by Crippen LogP contribution is 2.40. The molecule has 0 bridgehead atoms. The Hall–Kier alpha value is -4.70. The summed E-state index contributed by atoms with van der Waals surface area (Å²) in [5.41, 5.74) is 5.21. The molecule has 0 saturated heterocycles. The van der Waals surface area contributed by atoms with Gasteiger partial charge in [-0.1, -0.05) is 18.7 Å². The summed E-state index contributed by atoms with van der Waals surface area (Å²) in [6.45, 7) is 8.37. The fourth-order valence-electron chi connectivity index (χ4n) is 5.88. The molecule has 10 heteroatoms. The van der Waals surface area contributed by atoms with Crippen LogP contribution in [0, 0.1) is 6.92 Å². The van der Waals surface area contributed by atoms with Crippen LogP contribution in [-0.2, 0) is 4.79 Å². The highest BCUT2D eigenvalue weighted by Gasteiger charge is 2.30. The van der Waals surface area contributed by atoms with Gasteiger partial charge in [0.25, 0.3) is 11.5 Å². The van der Waals surface area contributed by atoms with E-state index in [0.717, 1.165) is 59.6 Å². The monoisotopic (exact) mass is 592 g/mol. The summed E-state index contributed by atoms with van der Waals surface area (Å²) >= 11 is 0. The van der Waals surface area contributed by atoms with Crippen molar-refractivity contribution in [3.63, 3.8) is 0 Å². The first-order chi connectivity index (χ1) is 21.2.